The average Bonchev–Trinajstić information content (AvgIpc) is 3.30. The van der Waals surface area contributed by atoms with Gasteiger partial charge in [0.2, 0.25) is 0 Å². The number of nitrogens with zero attached hydrogens (tertiary/aromatic N) is 1. The van der Waals surface area contributed by atoms with Crippen molar-refractivity contribution in [3.8, 4) is 11.1 Å². The summed E-state index contributed by atoms with van der Waals surface area (Å²) in [5, 5.41) is 0. The first-order chi connectivity index (χ1) is 16.1. The van der Waals surface area contributed by atoms with Crippen LogP contribution in [-0.4, -0.2) is 37.7 Å². The molecular formula is C29H33NO3. The first-order valence-electron chi connectivity index (χ1n) is 11.7. The number of benzene rings is 3. The Morgan fingerprint density at radius 2 is 1.67 bits per heavy atom. The van der Waals surface area contributed by atoms with Gasteiger partial charge >= 0.3 is 5.97 Å². The number of carbonyl (C=O) groups is 1. The van der Waals surface area contributed by atoms with Gasteiger partial charge in [-0.3, -0.25) is 0 Å². The van der Waals surface area contributed by atoms with Crippen LogP contribution in [-0.2, 0) is 22.6 Å². The minimum Gasteiger partial charge on any atom is -0.465 e. The first-order valence-corrected chi connectivity index (χ1v) is 11.7. The van der Waals surface area contributed by atoms with Gasteiger partial charge in [0, 0.05) is 13.1 Å². The summed E-state index contributed by atoms with van der Waals surface area (Å²) in [7, 11) is 3.57. The van der Waals surface area contributed by atoms with Gasteiger partial charge in [-0.25, -0.2) is 4.79 Å². The molecule has 0 heterocycles. The van der Waals surface area contributed by atoms with Gasteiger partial charge in [0.15, 0.2) is 0 Å². The lowest BCUT2D eigenvalue weighted by Gasteiger charge is -2.21. The molecule has 3 aromatic carbocycles. The van der Waals surface area contributed by atoms with E-state index in [0.717, 1.165) is 25.9 Å². The SMILES string of the molecule is COC(=O)c1ccc(CN(C)C[C@H]2CCC(OCc3ccccc3-c3ccccc3)C2)cc1. The van der Waals surface area contributed by atoms with Gasteiger partial charge in [-0.05, 0) is 66.6 Å². The lowest BCUT2D eigenvalue weighted by Crippen LogP contribution is -2.24. The van der Waals surface area contributed by atoms with Gasteiger partial charge in [0.05, 0.1) is 25.4 Å². The molecular weight excluding hydrogens is 410 g/mol. The molecule has 0 N–H and O–H groups in total. The maximum atomic E-state index is 11.6. The second kappa shape index (κ2) is 11.3. The van der Waals surface area contributed by atoms with Crippen LogP contribution in [0.4, 0.5) is 0 Å². The van der Waals surface area contributed by atoms with Crippen molar-refractivity contribution >= 4 is 5.97 Å². The molecule has 0 spiro atoms. The van der Waals surface area contributed by atoms with Crippen molar-refractivity contribution in [2.75, 3.05) is 20.7 Å². The summed E-state index contributed by atoms with van der Waals surface area (Å²) in [6.45, 7) is 2.58. The fraction of sp³-hybridized carbons (Fsp3) is 0.345. The number of ether oxygens (including phenoxy) is 2. The third kappa shape index (κ3) is 6.31. The topological polar surface area (TPSA) is 38.8 Å². The summed E-state index contributed by atoms with van der Waals surface area (Å²) in [5.41, 5.74) is 5.54. The second-order valence-corrected chi connectivity index (χ2v) is 9.02. The van der Waals surface area contributed by atoms with E-state index in [9.17, 15) is 4.79 Å². The van der Waals surface area contributed by atoms with Gasteiger partial charge in [-0.2, -0.15) is 0 Å². The van der Waals surface area contributed by atoms with E-state index >= 15 is 0 Å². The van der Waals surface area contributed by atoms with Crippen LogP contribution >= 0.6 is 0 Å². The zero-order chi connectivity index (χ0) is 23.0. The van der Waals surface area contributed by atoms with Crippen LogP contribution in [0.5, 0.6) is 0 Å². The fourth-order valence-electron chi connectivity index (χ4n) is 4.78. The fourth-order valence-corrected chi connectivity index (χ4v) is 4.78. The molecule has 0 amide bonds. The van der Waals surface area contributed by atoms with Crippen LogP contribution in [0.15, 0.2) is 78.9 Å². The molecule has 4 nitrogen and oxygen atoms in total. The van der Waals surface area contributed by atoms with E-state index in [2.05, 4.69) is 66.5 Å². The van der Waals surface area contributed by atoms with E-state index in [-0.39, 0.29) is 5.97 Å². The number of carbonyl (C=O) groups excluding carboxylic acids is 1. The van der Waals surface area contributed by atoms with Crippen molar-refractivity contribution in [2.24, 2.45) is 5.92 Å². The van der Waals surface area contributed by atoms with Crippen molar-refractivity contribution in [1.29, 1.82) is 0 Å². The van der Waals surface area contributed by atoms with E-state index in [0.29, 0.717) is 24.2 Å². The molecule has 0 aliphatic heterocycles. The third-order valence-corrected chi connectivity index (χ3v) is 6.47. The van der Waals surface area contributed by atoms with E-state index in [1.807, 2.05) is 24.3 Å². The van der Waals surface area contributed by atoms with Crippen molar-refractivity contribution < 1.29 is 14.3 Å². The predicted octanol–water partition coefficient (Wildman–Crippen LogP) is 5.96. The minimum atomic E-state index is -0.293. The smallest absolute Gasteiger partial charge is 0.337 e. The Morgan fingerprint density at radius 1 is 0.939 bits per heavy atom. The van der Waals surface area contributed by atoms with Crippen molar-refractivity contribution in [3.05, 3.63) is 95.6 Å². The number of esters is 1. The van der Waals surface area contributed by atoms with Crippen molar-refractivity contribution in [3.63, 3.8) is 0 Å². The van der Waals surface area contributed by atoms with Crippen LogP contribution in [0.25, 0.3) is 11.1 Å². The van der Waals surface area contributed by atoms with Gasteiger partial charge < -0.3 is 14.4 Å². The van der Waals surface area contributed by atoms with Crippen molar-refractivity contribution in [1.82, 2.24) is 4.90 Å². The molecule has 0 radical (unpaired) electrons. The maximum Gasteiger partial charge on any atom is 0.337 e. The lowest BCUT2D eigenvalue weighted by atomic mass is 10.0. The third-order valence-electron chi connectivity index (χ3n) is 6.47. The molecule has 3 aromatic rings. The zero-order valence-corrected chi connectivity index (χ0v) is 19.6. The number of hydrogen-bond donors (Lipinski definition) is 0. The highest BCUT2D eigenvalue weighted by Crippen LogP contribution is 2.31. The summed E-state index contributed by atoms with van der Waals surface area (Å²) in [5.74, 6) is 0.358. The van der Waals surface area contributed by atoms with E-state index in [1.54, 1.807) is 0 Å². The normalized spacial score (nSPS) is 17.9. The first kappa shape index (κ1) is 23.2. The molecule has 0 aromatic heterocycles. The molecule has 4 heteroatoms. The van der Waals surface area contributed by atoms with Gasteiger partial charge in [0.1, 0.15) is 0 Å². The van der Waals surface area contributed by atoms with Gasteiger partial charge in [-0.15, -0.1) is 0 Å². The number of hydrogen-bond acceptors (Lipinski definition) is 4. The lowest BCUT2D eigenvalue weighted by molar-refractivity contribution is 0.0421. The summed E-state index contributed by atoms with van der Waals surface area (Å²) in [6.07, 6.45) is 3.77. The monoisotopic (exact) mass is 443 g/mol. The largest absolute Gasteiger partial charge is 0.465 e. The molecule has 4 rings (SSSR count). The summed E-state index contributed by atoms with van der Waals surface area (Å²) in [6, 6.07) is 26.8. The molecule has 172 valence electrons. The highest BCUT2D eigenvalue weighted by molar-refractivity contribution is 5.89. The maximum absolute atomic E-state index is 11.6. The Kier molecular flexibility index (Phi) is 7.92. The molecule has 1 unspecified atom stereocenters. The van der Waals surface area contributed by atoms with Crippen LogP contribution in [0, 0.1) is 5.92 Å². The van der Waals surface area contributed by atoms with E-state index in [1.165, 1.54) is 35.8 Å². The zero-order valence-electron chi connectivity index (χ0n) is 19.6. The quantitative estimate of drug-likeness (QED) is 0.383. The molecule has 1 aliphatic rings. The van der Waals surface area contributed by atoms with E-state index in [4.69, 9.17) is 9.47 Å². The molecule has 33 heavy (non-hydrogen) atoms. The Labute approximate surface area is 197 Å². The van der Waals surface area contributed by atoms with Crippen LogP contribution in [0.3, 0.4) is 0 Å². The molecule has 2 atom stereocenters. The van der Waals surface area contributed by atoms with Crippen LogP contribution < -0.4 is 0 Å². The highest BCUT2D eigenvalue weighted by Gasteiger charge is 2.26. The minimum absolute atomic E-state index is 0.293. The summed E-state index contributed by atoms with van der Waals surface area (Å²) in [4.78, 5) is 14.0. The standard InChI is InChI=1S/C29H33NO3/c1-30(19-22-12-15-25(16-13-22)29(31)32-2)20-23-14-17-27(18-23)33-21-26-10-6-7-11-28(26)24-8-4-3-5-9-24/h3-13,15-16,23,27H,14,17-21H2,1-2H3/t23-,27?/m0/s1. The molecule has 1 aliphatic carbocycles. The van der Waals surface area contributed by atoms with Gasteiger partial charge in [0.25, 0.3) is 0 Å². The highest BCUT2D eigenvalue weighted by atomic mass is 16.5. The Hall–Kier alpha value is -2.95. The molecule has 0 bridgehead atoms. The number of methoxy groups -OCH3 is 1. The Bertz CT molecular complexity index is 1030. The summed E-state index contributed by atoms with van der Waals surface area (Å²) < 4.78 is 11.1. The van der Waals surface area contributed by atoms with Gasteiger partial charge in [-0.1, -0.05) is 66.7 Å². The molecule has 0 saturated heterocycles. The summed E-state index contributed by atoms with van der Waals surface area (Å²) >= 11 is 0. The van der Waals surface area contributed by atoms with Crippen LogP contribution in [0.1, 0.15) is 40.7 Å². The predicted molar refractivity (Wildman–Crippen MR) is 132 cm³/mol. The number of rotatable bonds is 9. The second-order valence-electron chi connectivity index (χ2n) is 9.02. The van der Waals surface area contributed by atoms with E-state index < -0.39 is 0 Å². The van der Waals surface area contributed by atoms with Crippen molar-refractivity contribution in [2.45, 2.75) is 38.5 Å². The Balaban J connectivity index is 1.25. The average molecular weight is 444 g/mol. The Morgan fingerprint density at radius 3 is 2.42 bits per heavy atom. The molecule has 1 fully saturated rings. The molecule has 1 saturated carbocycles. The van der Waals surface area contributed by atoms with Crippen LogP contribution in [0.2, 0.25) is 0 Å².